The van der Waals surface area contributed by atoms with E-state index in [2.05, 4.69) is 55.1 Å². The molecule has 4 unspecified atom stereocenters. The van der Waals surface area contributed by atoms with E-state index in [1.165, 1.54) is 22.3 Å². The van der Waals surface area contributed by atoms with Crippen LogP contribution in [0.3, 0.4) is 0 Å². The number of carboxylic acids is 1. The third-order valence-electron chi connectivity index (χ3n) is 6.44. The lowest BCUT2D eigenvalue weighted by Gasteiger charge is -2.57. The van der Waals surface area contributed by atoms with Gasteiger partial charge in [0.1, 0.15) is 0 Å². The number of fused-ring (bicyclic) bond motifs is 1. The van der Waals surface area contributed by atoms with Crippen LogP contribution in [0.4, 0.5) is 5.69 Å². The largest absolute Gasteiger partial charge is 0.481 e. The third-order valence-corrected chi connectivity index (χ3v) is 6.44. The maximum Gasteiger partial charge on any atom is 0.303 e. The second kappa shape index (κ2) is 6.41. The number of hydrogen-bond donors (Lipinski definition) is 2. The Labute approximate surface area is 160 Å². The van der Waals surface area contributed by atoms with Crippen molar-refractivity contribution >= 4 is 11.7 Å². The van der Waals surface area contributed by atoms with Crippen molar-refractivity contribution in [3.63, 3.8) is 0 Å². The lowest BCUT2D eigenvalue weighted by Crippen LogP contribution is -2.51. The topological polar surface area (TPSA) is 63.3 Å². The summed E-state index contributed by atoms with van der Waals surface area (Å²) in [5, 5.41) is 9.48. The monoisotopic (exact) mass is 359 g/mol. The Kier molecular flexibility index (Phi) is 4.18. The molecular formula is C24H25NO2. The number of aliphatic carboxylic acids is 1. The third kappa shape index (κ3) is 2.38. The predicted molar refractivity (Wildman–Crippen MR) is 109 cm³/mol. The Bertz CT molecular complexity index is 945. The van der Waals surface area contributed by atoms with Crippen LogP contribution in [-0.2, 0) is 10.2 Å². The van der Waals surface area contributed by atoms with Gasteiger partial charge in [0.15, 0.2) is 0 Å². The van der Waals surface area contributed by atoms with E-state index in [0.717, 1.165) is 5.69 Å². The van der Waals surface area contributed by atoms with Crippen molar-refractivity contribution < 1.29 is 9.90 Å². The van der Waals surface area contributed by atoms with Crippen LogP contribution in [0.5, 0.6) is 0 Å². The molecular weight excluding hydrogens is 334 g/mol. The number of allylic oxidation sites excluding steroid dienone is 3. The maximum atomic E-state index is 11.5. The molecule has 138 valence electrons. The number of anilines is 1. The van der Waals surface area contributed by atoms with Gasteiger partial charge in [0.2, 0.25) is 0 Å². The molecule has 2 aromatic carbocycles. The molecule has 27 heavy (non-hydrogen) atoms. The normalized spacial score (nSPS) is 28.0. The number of carboxylic acid groups (broad SMARTS) is 1. The van der Waals surface area contributed by atoms with Crippen LogP contribution < -0.4 is 5.73 Å². The quantitative estimate of drug-likeness (QED) is 0.591. The minimum Gasteiger partial charge on any atom is -0.481 e. The molecule has 5 rings (SSSR count). The van der Waals surface area contributed by atoms with E-state index in [9.17, 15) is 9.90 Å². The summed E-state index contributed by atoms with van der Waals surface area (Å²) in [5.74, 6) is -0.150. The second-order valence-corrected chi connectivity index (χ2v) is 7.64. The zero-order valence-electron chi connectivity index (χ0n) is 15.6. The number of nitrogen functional groups attached to an aromatic ring is 1. The molecule has 0 aliphatic heterocycles. The summed E-state index contributed by atoms with van der Waals surface area (Å²) >= 11 is 0. The van der Waals surface area contributed by atoms with Crippen molar-refractivity contribution in [1.82, 2.24) is 0 Å². The van der Waals surface area contributed by atoms with Crippen molar-refractivity contribution in [2.45, 2.75) is 31.1 Å². The van der Waals surface area contributed by atoms with E-state index >= 15 is 0 Å². The number of hydrogen-bond acceptors (Lipinski definition) is 2. The fourth-order valence-corrected chi connectivity index (χ4v) is 5.58. The number of nitrogens with two attached hydrogens (primary N) is 1. The van der Waals surface area contributed by atoms with Gasteiger partial charge in [-0.3, -0.25) is 4.79 Å². The van der Waals surface area contributed by atoms with Gasteiger partial charge in [-0.05, 0) is 59.6 Å². The Morgan fingerprint density at radius 2 is 1.96 bits per heavy atom. The van der Waals surface area contributed by atoms with Gasteiger partial charge >= 0.3 is 5.97 Å². The molecule has 0 radical (unpaired) electrons. The Balaban J connectivity index is 2.08. The van der Waals surface area contributed by atoms with Gasteiger partial charge in [-0.2, -0.15) is 0 Å². The fraction of sp³-hybridized carbons (Fsp3) is 0.292. The van der Waals surface area contributed by atoms with Gasteiger partial charge < -0.3 is 10.8 Å². The summed E-state index contributed by atoms with van der Waals surface area (Å²) in [6.07, 6.45) is 7.04. The van der Waals surface area contributed by atoms with Crippen LogP contribution in [0.25, 0.3) is 0 Å². The van der Waals surface area contributed by atoms with Gasteiger partial charge in [-0.1, -0.05) is 48.6 Å². The van der Waals surface area contributed by atoms with Crippen LogP contribution in [0, 0.1) is 11.8 Å². The molecule has 3 nitrogen and oxygen atoms in total. The zero-order valence-corrected chi connectivity index (χ0v) is 15.6. The van der Waals surface area contributed by atoms with E-state index in [0.29, 0.717) is 6.42 Å². The van der Waals surface area contributed by atoms with Gasteiger partial charge in [-0.15, -0.1) is 6.58 Å². The zero-order chi connectivity index (χ0) is 19.2. The highest BCUT2D eigenvalue weighted by molar-refractivity contribution is 5.69. The van der Waals surface area contributed by atoms with Gasteiger partial charge in [0.25, 0.3) is 0 Å². The van der Waals surface area contributed by atoms with Crippen LogP contribution in [0.2, 0.25) is 0 Å². The molecule has 4 atom stereocenters. The summed E-state index contributed by atoms with van der Waals surface area (Å²) in [6, 6.07) is 14.7. The Hall–Kier alpha value is -2.81. The first kappa shape index (κ1) is 17.6. The van der Waals surface area contributed by atoms with Gasteiger partial charge in [0, 0.05) is 23.4 Å². The van der Waals surface area contributed by atoms with E-state index in [4.69, 9.17) is 5.73 Å². The summed E-state index contributed by atoms with van der Waals surface area (Å²) in [4.78, 5) is 11.5. The van der Waals surface area contributed by atoms with Gasteiger partial charge in [0.05, 0.1) is 0 Å². The summed E-state index contributed by atoms with van der Waals surface area (Å²) in [7, 11) is 0. The average molecular weight is 359 g/mol. The van der Waals surface area contributed by atoms with Crippen molar-refractivity contribution in [1.29, 1.82) is 0 Å². The Morgan fingerprint density at radius 3 is 2.67 bits per heavy atom. The Morgan fingerprint density at radius 1 is 1.22 bits per heavy atom. The summed E-state index contributed by atoms with van der Waals surface area (Å²) in [6.45, 7) is 6.21. The first-order chi connectivity index (χ1) is 13.0. The van der Waals surface area contributed by atoms with Crippen LogP contribution in [0.1, 0.15) is 47.9 Å². The molecule has 0 fully saturated rings. The highest BCUT2D eigenvalue weighted by Gasteiger charge is 2.56. The number of rotatable bonds is 5. The van der Waals surface area contributed by atoms with Crippen LogP contribution in [-0.4, -0.2) is 11.1 Å². The highest BCUT2D eigenvalue weighted by Crippen LogP contribution is 2.64. The average Bonchev–Trinajstić information content (AvgIpc) is 2.66. The predicted octanol–water partition coefficient (Wildman–Crippen LogP) is 4.87. The highest BCUT2D eigenvalue weighted by atomic mass is 16.4. The van der Waals surface area contributed by atoms with E-state index in [-0.39, 0.29) is 24.2 Å². The molecule has 3 aliphatic carbocycles. The van der Waals surface area contributed by atoms with E-state index in [1.807, 2.05) is 19.1 Å². The first-order valence-corrected chi connectivity index (χ1v) is 9.51. The molecule has 0 saturated heterocycles. The van der Waals surface area contributed by atoms with E-state index < -0.39 is 11.4 Å². The number of benzene rings is 2. The van der Waals surface area contributed by atoms with Crippen molar-refractivity contribution in [2.75, 3.05) is 5.73 Å². The second-order valence-electron chi connectivity index (χ2n) is 7.64. The lowest BCUT2D eigenvalue weighted by molar-refractivity contribution is -0.137. The molecule has 3 heteroatoms. The molecule has 3 N–H and O–H groups in total. The van der Waals surface area contributed by atoms with Crippen molar-refractivity contribution in [3.05, 3.63) is 89.5 Å². The van der Waals surface area contributed by atoms with Crippen LogP contribution in [0.15, 0.2) is 67.3 Å². The van der Waals surface area contributed by atoms with Crippen LogP contribution >= 0.6 is 0 Å². The lowest BCUT2D eigenvalue weighted by atomic mass is 9.45. The van der Waals surface area contributed by atoms with Gasteiger partial charge in [-0.25, -0.2) is 0 Å². The minimum absolute atomic E-state index is 0.111. The molecule has 2 aromatic rings. The minimum atomic E-state index is -0.773. The molecule has 0 saturated carbocycles. The first-order valence-electron chi connectivity index (χ1n) is 9.51. The molecule has 0 spiro atoms. The standard InChI is InChI=1S/C24H25NO2/c1-3-7-16-19(4-2)24(13-12-22(26)27)20-9-6-5-8-17(20)23(16)18-11-10-15(25)14-21(18)24/h3-11,14,16,19,23H,2,12-13,25H2,1H3,(H,26,27)/b7-3-. The molecule has 3 aliphatic rings. The molecule has 0 aromatic heterocycles. The molecule has 2 bridgehead atoms. The van der Waals surface area contributed by atoms with Crippen molar-refractivity contribution in [3.8, 4) is 0 Å². The molecule has 0 heterocycles. The fourth-order valence-electron chi connectivity index (χ4n) is 5.58. The summed E-state index contributed by atoms with van der Waals surface area (Å²) < 4.78 is 0. The SMILES string of the molecule is C=CC1C(/C=C\C)C2c3ccccc3C1(CCC(=O)O)c1cc(N)ccc12. The molecule has 0 amide bonds. The number of carbonyl (C=O) groups is 1. The van der Waals surface area contributed by atoms with E-state index in [1.54, 1.807) is 0 Å². The maximum absolute atomic E-state index is 11.5. The van der Waals surface area contributed by atoms with Crippen molar-refractivity contribution in [2.24, 2.45) is 11.8 Å². The smallest absolute Gasteiger partial charge is 0.303 e. The summed E-state index contributed by atoms with van der Waals surface area (Å²) in [5.41, 5.74) is 11.5.